The Morgan fingerprint density at radius 1 is 0.478 bits per heavy atom. The molecular weight excluding hydrogens is 1550 g/mol. The lowest BCUT2D eigenvalue weighted by Crippen LogP contribution is -2.41. The van der Waals surface area contributed by atoms with Crippen molar-refractivity contribution in [2.24, 2.45) is 16.2 Å². The molecule has 4 aliphatic rings. The number of allylic oxidation sites excluding steroid dienone is 6. The summed E-state index contributed by atoms with van der Waals surface area (Å²) in [7, 11) is 4.38. The van der Waals surface area contributed by atoms with Crippen LogP contribution in [0.15, 0.2) is 95.5 Å². The Morgan fingerprint density at radius 2 is 0.788 bits per heavy atom. The Kier molecular flexibility index (Phi) is 31.4. The van der Waals surface area contributed by atoms with Crippen LogP contribution < -0.4 is 20.7 Å². The first kappa shape index (κ1) is 93.3. The summed E-state index contributed by atoms with van der Waals surface area (Å²) in [5.41, 5.74) is 10.7. The van der Waals surface area contributed by atoms with Gasteiger partial charge in [0.05, 0.1) is 46.8 Å². The molecule has 0 radical (unpaired) electrons. The van der Waals surface area contributed by atoms with Crippen molar-refractivity contribution in [3.05, 3.63) is 160 Å². The van der Waals surface area contributed by atoms with Gasteiger partial charge in [0.2, 0.25) is 0 Å². The highest BCUT2D eigenvalue weighted by atomic mass is 79.9. The Balaban J connectivity index is 0.000000219. The zero-order chi connectivity index (χ0) is 84.5. The van der Waals surface area contributed by atoms with E-state index in [1.165, 1.54) is 22.5 Å². The normalized spacial score (nSPS) is 17.6. The second kappa shape index (κ2) is 38.0. The molecule has 0 bridgehead atoms. The Labute approximate surface area is 694 Å². The molecule has 22 heteroatoms. The zero-order valence-electron chi connectivity index (χ0n) is 72.1. The second-order valence-corrected chi connectivity index (χ2v) is 40.3. The fourth-order valence-electron chi connectivity index (χ4n) is 14.0. The molecule has 3 amide bonds. The average molecular weight is 1670 g/mol. The number of carboxylic acids is 1. The quantitative estimate of drug-likeness (QED) is 0.0412. The molecule has 616 valence electrons. The molecular formula is C91H125BBrN3O14S3. The number of halogens is 1. The monoisotopic (exact) mass is 1670 g/mol. The van der Waals surface area contributed by atoms with Gasteiger partial charge in [0.25, 0.3) is 17.7 Å². The average Bonchev–Trinajstić information content (AvgIpc) is 1.60. The predicted octanol–water partition coefficient (Wildman–Crippen LogP) is 21.9. The first-order valence-corrected chi connectivity index (χ1v) is 42.7. The Hall–Kier alpha value is -6.86. The SMILES string of the molecule is CCOC(=O)C(OC(C)(C)C)c1c(C)sc(-c2ccccc2C(=O)NC)c1C1=CCC(C)(C)CC1.CCOC(=O)C(OC(C)(C)C)c1c(C)sc(B2OC(C)(C)C(C)(C)O2)c1C1=CCC(C)(C)CC1.CNC(=O)c1ccccc1-c1sc(C)c(C(OC(C)(C)C)C(=O)O)c1C1=CCC(C)(C)CC1.CNC(=O)c1ccccc1Br. The maximum Gasteiger partial charge on any atom is 0.506 e. The molecule has 4 heterocycles. The summed E-state index contributed by atoms with van der Waals surface area (Å²) in [6.45, 7) is 49.6. The third-order valence-electron chi connectivity index (χ3n) is 20.8. The van der Waals surface area contributed by atoms with Gasteiger partial charge in [0.15, 0.2) is 18.3 Å². The molecule has 3 unspecified atom stereocenters. The molecule has 0 saturated carbocycles. The number of amides is 3. The summed E-state index contributed by atoms with van der Waals surface area (Å²) in [4.78, 5) is 80.3. The van der Waals surface area contributed by atoms with Gasteiger partial charge in [-0.05, 0) is 261 Å². The molecule has 1 fully saturated rings. The van der Waals surface area contributed by atoms with Crippen LogP contribution in [0.2, 0.25) is 0 Å². The zero-order valence-corrected chi connectivity index (χ0v) is 76.1. The van der Waals surface area contributed by atoms with E-state index >= 15 is 0 Å². The minimum atomic E-state index is -1.09. The van der Waals surface area contributed by atoms with E-state index in [0.29, 0.717) is 28.9 Å². The lowest BCUT2D eigenvalue weighted by molar-refractivity contribution is -0.167. The van der Waals surface area contributed by atoms with Crippen LogP contribution in [0.3, 0.4) is 0 Å². The highest BCUT2D eigenvalue weighted by Gasteiger charge is 2.54. The number of esters is 2. The summed E-state index contributed by atoms with van der Waals surface area (Å²) in [6, 6.07) is 22.5. The second-order valence-electron chi connectivity index (χ2n) is 35.7. The van der Waals surface area contributed by atoms with Gasteiger partial charge in [-0.15, -0.1) is 34.0 Å². The van der Waals surface area contributed by atoms with Gasteiger partial charge in [-0.1, -0.05) is 108 Å². The number of thiophene rings is 3. The van der Waals surface area contributed by atoms with Crippen molar-refractivity contribution in [2.45, 2.75) is 270 Å². The molecule has 6 aromatic rings. The molecule has 113 heavy (non-hydrogen) atoms. The first-order chi connectivity index (χ1) is 52.5. The maximum atomic E-state index is 13.3. The Morgan fingerprint density at radius 3 is 1.12 bits per heavy atom. The maximum absolute atomic E-state index is 13.3. The van der Waals surface area contributed by atoms with Gasteiger partial charge in [0, 0.05) is 105 Å². The summed E-state index contributed by atoms with van der Waals surface area (Å²) in [5, 5.41) is 18.2. The third-order valence-corrected chi connectivity index (χ3v) is 25.0. The number of carbonyl (C=O) groups is 6. The molecule has 17 nitrogen and oxygen atoms in total. The van der Waals surface area contributed by atoms with E-state index in [1.807, 2.05) is 157 Å². The molecule has 3 aromatic heterocycles. The van der Waals surface area contributed by atoms with E-state index in [2.05, 4.69) is 126 Å². The standard InChI is InChI=1S/C29H39NO4S.C27H43BO5S.C27H35NO4S.C8H8BrNO/c1-9-33-27(32)24(34-28(3,4)5)22-18(2)35-25(20-12-10-11-13-21(20)26(31)30-8)23(22)19-14-16-29(6,7)17-15-19;1-12-30-23(29)21(31-24(3,4)5)19-17(2)34-22(28-32-26(8,9)27(10,11)33-28)20(19)18-13-15-25(6,7)16-14-18;1-16-20(22(25(30)31)32-26(2,3)4)21(17-12-14-27(5,6)15-13-17)23(33-16)18-10-8-9-11-19(18)24(29)28-7;1-10-8(11)6-4-2-3-5-7(6)9/h10-14,24H,9,15-17H2,1-8H3,(H,30,31);13,21H,12,14-16H2,1-11H3;8-12,22H,13-15H2,1-7H3,(H,28,29)(H,30,31);2-5H,1H3,(H,10,11). The summed E-state index contributed by atoms with van der Waals surface area (Å²) in [6.07, 6.45) is 12.8. The van der Waals surface area contributed by atoms with Crippen LogP contribution >= 0.6 is 49.9 Å². The largest absolute Gasteiger partial charge is 0.506 e. The number of carboxylic acid groups (broad SMARTS) is 1. The van der Waals surface area contributed by atoms with E-state index in [4.69, 9.17) is 33.0 Å². The highest BCUT2D eigenvalue weighted by Crippen LogP contribution is 2.53. The van der Waals surface area contributed by atoms with Crippen LogP contribution in [0.25, 0.3) is 37.6 Å². The van der Waals surface area contributed by atoms with Gasteiger partial charge >= 0.3 is 25.0 Å². The van der Waals surface area contributed by atoms with Gasteiger partial charge in [-0.25, -0.2) is 14.4 Å². The summed E-state index contributed by atoms with van der Waals surface area (Å²) in [5.74, 6) is -2.11. The van der Waals surface area contributed by atoms with E-state index in [1.54, 1.807) is 49.9 Å². The number of rotatable bonds is 20. The van der Waals surface area contributed by atoms with Crippen molar-refractivity contribution < 1.29 is 66.9 Å². The van der Waals surface area contributed by atoms with Crippen molar-refractivity contribution in [3.63, 3.8) is 0 Å². The lowest BCUT2D eigenvalue weighted by Gasteiger charge is -2.32. The number of benzene rings is 3. The minimum absolute atomic E-state index is 0.0718. The van der Waals surface area contributed by atoms with Crippen LogP contribution in [-0.4, -0.2) is 110 Å². The predicted molar refractivity (Wildman–Crippen MR) is 467 cm³/mol. The van der Waals surface area contributed by atoms with Crippen molar-refractivity contribution in [3.8, 4) is 20.9 Å². The van der Waals surface area contributed by atoms with Crippen LogP contribution in [0.4, 0.5) is 0 Å². The van der Waals surface area contributed by atoms with Crippen molar-refractivity contribution in [1.82, 2.24) is 16.0 Å². The molecule has 3 aliphatic carbocycles. The number of aliphatic carboxylic acids is 1. The molecule has 10 rings (SSSR count). The number of aryl methyl sites for hydroxylation is 3. The number of hydrogen-bond donors (Lipinski definition) is 4. The van der Waals surface area contributed by atoms with Crippen LogP contribution in [0.1, 0.15) is 301 Å². The van der Waals surface area contributed by atoms with Gasteiger partial charge in [-0.3, -0.25) is 14.4 Å². The number of ether oxygens (including phenoxy) is 5. The van der Waals surface area contributed by atoms with Gasteiger partial charge in [0.1, 0.15) is 0 Å². The van der Waals surface area contributed by atoms with E-state index < -0.39 is 59.4 Å². The molecule has 1 aliphatic heterocycles. The van der Waals surface area contributed by atoms with Crippen LogP contribution in [0, 0.1) is 37.0 Å². The van der Waals surface area contributed by atoms with E-state index in [9.17, 15) is 33.9 Å². The molecule has 1 saturated heterocycles. The van der Waals surface area contributed by atoms with Crippen molar-refractivity contribution >= 4 is 114 Å². The van der Waals surface area contributed by atoms with Crippen LogP contribution in [0.5, 0.6) is 0 Å². The fraction of sp³-hybridized carbons (Fsp3) is 0.538. The lowest BCUT2D eigenvalue weighted by atomic mass is 9.73. The van der Waals surface area contributed by atoms with E-state index in [0.717, 1.165) is 136 Å². The summed E-state index contributed by atoms with van der Waals surface area (Å²) >= 11 is 8.07. The molecule has 4 N–H and O–H groups in total. The van der Waals surface area contributed by atoms with Gasteiger partial charge < -0.3 is 54.0 Å². The van der Waals surface area contributed by atoms with Crippen molar-refractivity contribution in [1.29, 1.82) is 0 Å². The van der Waals surface area contributed by atoms with Crippen molar-refractivity contribution in [2.75, 3.05) is 34.4 Å². The molecule has 3 atom stereocenters. The minimum Gasteiger partial charge on any atom is -0.479 e. The van der Waals surface area contributed by atoms with Gasteiger partial charge in [-0.2, -0.15) is 0 Å². The third kappa shape index (κ3) is 23.9. The van der Waals surface area contributed by atoms with Crippen LogP contribution in [-0.2, 0) is 47.4 Å². The Bertz CT molecular complexity index is 4490. The topological polar surface area (TPSA) is 223 Å². The number of nitrogens with one attached hydrogen (secondary N) is 3. The smallest absolute Gasteiger partial charge is 0.479 e. The molecule has 3 aromatic carbocycles. The fourth-order valence-corrected chi connectivity index (χ4v) is 18.2. The number of hydrogen-bond acceptors (Lipinski definition) is 16. The molecule has 0 spiro atoms. The highest BCUT2D eigenvalue weighted by molar-refractivity contribution is 9.10. The number of carbonyl (C=O) groups excluding carboxylic acids is 5. The summed E-state index contributed by atoms with van der Waals surface area (Å²) < 4.78 is 44.6. The first-order valence-electron chi connectivity index (χ1n) is 39.5. The van der Waals surface area contributed by atoms with E-state index in [-0.39, 0.29) is 52.5 Å².